The zero-order chi connectivity index (χ0) is 15.4. The van der Waals surface area contributed by atoms with Gasteiger partial charge < -0.3 is 9.47 Å². The van der Waals surface area contributed by atoms with E-state index in [1.165, 1.54) is 22.0 Å². The Morgan fingerprint density at radius 2 is 1.91 bits per heavy atom. The van der Waals surface area contributed by atoms with Crippen molar-refractivity contribution in [2.75, 3.05) is 19.6 Å². The van der Waals surface area contributed by atoms with Gasteiger partial charge in [0.25, 0.3) is 0 Å². The van der Waals surface area contributed by atoms with Gasteiger partial charge in [0.15, 0.2) is 0 Å². The first kappa shape index (κ1) is 14.8. The van der Waals surface area contributed by atoms with E-state index in [2.05, 4.69) is 64.8 Å². The molecule has 0 amide bonds. The van der Waals surface area contributed by atoms with Gasteiger partial charge in [0.2, 0.25) is 0 Å². The average Bonchev–Trinajstić information content (AvgIpc) is 2.99. The van der Waals surface area contributed by atoms with Crippen LogP contribution in [0.1, 0.15) is 13.8 Å². The Hall–Kier alpha value is -2.13. The van der Waals surface area contributed by atoms with Gasteiger partial charge in [0, 0.05) is 42.8 Å². The molecule has 22 heavy (non-hydrogen) atoms. The number of hydrogen-bond donors (Lipinski definition) is 0. The Morgan fingerprint density at radius 1 is 1.05 bits per heavy atom. The number of aromatic nitrogens is 2. The lowest BCUT2D eigenvalue weighted by Crippen LogP contribution is -2.26. The number of nitrogens with zero attached hydrogens (tertiary/aromatic N) is 3. The summed E-state index contributed by atoms with van der Waals surface area (Å²) in [5.41, 5.74) is 3.69. The molecule has 0 N–H and O–H groups in total. The van der Waals surface area contributed by atoms with Gasteiger partial charge in [-0.25, -0.2) is 0 Å². The molecule has 0 saturated carbocycles. The second kappa shape index (κ2) is 6.75. The molecule has 0 aliphatic rings. The lowest BCUT2D eigenvalue weighted by molar-refractivity contribution is 0.292. The number of hydrogen-bond acceptors (Lipinski definition) is 2. The molecule has 2 aromatic heterocycles. The molecule has 2 heterocycles. The van der Waals surface area contributed by atoms with Crippen LogP contribution in [0.15, 0.2) is 55.0 Å². The number of rotatable bonds is 6. The Morgan fingerprint density at radius 3 is 2.64 bits per heavy atom. The average molecular weight is 293 g/mol. The first-order chi connectivity index (χ1) is 10.8. The third kappa shape index (κ3) is 3.04. The van der Waals surface area contributed by atoms with Crippen LogP contribution >= 0.6 is 0 Å². The highest BCUT2D eigenvalue weighted by Crippen LogP contribution is 2.24. The summed E-state index contributed by atoms with van der Waals surface area (Å²) >= 11 is 0. The van der Waals surface area contributed by atoms with Gasteiger partial charge in [-0.1, -0.05) is 32.0 Å². The molecular weight excluding hydrogens is 270 g/mol. The van der Waals surface area contributed by atoms with Crippen LogP contribution in [-0.4, -0.2) is 34.1 Å². The van der Waals surface area contributed by atoms with E-state index < -0.39 is 0 Å². The summed E-state index contributed by atoms with van der Waals surface area (Å²) in [5.74, 6) is 0. The SMILES string of the molecule is CCN(CC)CCn1ccc2ccc(-c3cccnc3)cc21. The van der Waals surface area contributed by atoms with Gasteiger partial charge in [-0.05, 0) is 42.2 Å². The number of pyridine rings is 1. The van der Waals surface area contributed by atoms with E-state index >= 15 is 0 Å². The number of likely N-dealkylation sites (N-methyl/N-ethyl adjacent to an activating group) is 1. The fourth-order valence-electron chi connectivity index (χ4n) is 2.88. The zero-order valence-corrected chi connectivity index (χ0v) is 13.4. The monoisotopic (exact) mass is 293 g/mol. The Labute approximate surface area is 132 Å². The summed E-state index contributed by atoms with van der Waals surface area (Å²) in [6.45, 7) is 8.78. The summed E-state index contributed by atoms with van der Waals surface area (Å²) in [6.07, 6.45) is 5.93. The Balaban J connectivity index is 1.89. The summed E-state index contributed by atoms with van der Waals surface area (Å²) < 4.78 is 2.35. The molecule has 0 spiro atoms. The van der Waals surface area contributed by atoms with Crippen molar-refractivity contribution in [1.82, 2.24) is 14.5 Å². The molecule has 0 bridgehead atoms. The van der Waals surface area contributed by atoms with Crippen LogP contribution in [0.2, 0.25) is 0 Å². The highest BCUT2D eigenvalue weighted by atomic mass is 15.1. The van der Waals surface area contributed by atoms with Gasteiger partial charge in [0.1, 0.15) is 0 Å². The van der Waals surface area contributed by atoms with Gasteiger partial charge in [0.05, 0.1) is 0 Å². The number of fused-ring (bicyclic) bond motifs is 1. The van der Waals surface area contributed by atoms with E-state index in [0.29, 0.717) is 0 Å². The van der Waals surface area contributed by atoms with Gasteiger partial charge in [-0.3, -0.25) is 4.98 Å². The smallest absolute Gasteiger partial charge is 0.0486 e. The van der Waals surface area contributed by atoms with Crippen LogP contribution in [0.5, 0.6) is 0 Å². The highest BCUT2D eigenvalue weighted by molar-refractivity contribution is 5.85. The third-order valence-corrected chi connectivity index (χ3v) is 4.32. The molecule has 0 atom stereocenters. The van der Waals surface area contributed by atoms with E-state index in [1.54, 1.807) is 0 Å². The van der Waals surface area contributed by atoms with Gasteiger partial charge >= 0.3 is 0 Å². The van der Waals surface area contributed by atoms with Crippen molar-refractivity contribution in [3.8, 4) is 11.1 Å². The summed E-state index contributed by atoms with van der Waals surface area (Å²) in [6, 6.07) is 12.9. The van der Waals surface area contributed by atoms with Crippen LogP contribution in [0.4, 0.5) is 0 Å². The fourth-order valence-corrected chi connectivity index (χ4v) is 2.88. The van der Waals surface area contributed by atoms with Crippen molar-refractivity contribution in [1.29, 1.82) is 0 Å². The molecule has 0 fully saturated rings. The lowest BCUT2D eigenvalue weighted by Gasteiger charge is -2.18. The van der Waals surface area contributed by atoms with E-state index in [4.69, 9.17) is 0 Å². The first-order valence-corrected chi connectivity index (χ1v) is 8.03. The maximum atomic E-state index is 4.22. The predicted molar refractivity (Wildman–Crippen MR) is 93.0 cm³/mol. The van der Waals surface area contributed by atoms with Crippen LogP contribution in [0.25, 0.3) is 22.0 Å². The second-order valence-corrected chi connectivity index (χ2v) is 5.55. The maximum Gasteiger partial charge on any atom is 0.0486 e. The molecule has 0 aliphatic heterocycles. The highest BCUT2D eigenvalue weighted by Gasteiger charge is 2.05. The molecule has 3 nitrogen and oxygen atoms in total. The minimum Gasteiger partial charge on any atom is -0.346 e. The molecule has 0 saturated heterocycles. The van der Waals surface area contributed by atoms with Gasteiger partial charge in [-0.15, -0.1) is 0 Å². The van der Waals surface area contributed by atoms with E-state index in [1.807, 2.05) is 18.5 Å². The summed E-state index contributed by atoms with van der Waals surface area (Å²) in [4.78, 5) is 6.67. The molecule has 114 valence electrons. The predicted octanol–water partition coefficient (Wildman–Crippen LogP) is 4.05. The minimum absolute atomic E-state index is 1.03. The van der Waals surface area contributed by atoms with E-state index in [0.717, 1.165) is 26.2 Å². The van der Waals surface area contributed by atoms with E-state index in [-0.39, 0.29) is 0 Å². The van der Waals surface area contributed by atoms with Crippen molar-refractivity contribution >= 4 is 10.9 Å². The summed E-state index contributed by atoms with van der Waals surface area (Å²) in [5, 5.41) is 1.30. The third-order valence-electron chi connectivity index (χ3n) is 4.32. The van der Waals surface area contributed by atoms with Crippen molar-refractivity contribution in [2.24, 2.45) is 0 Å². The Bertz CT molecular complexity index is 727. The van der Waals surface area contributed by atoms with E-state index in [9.17, 15) is 0 Å². The van der Waals surface area contributed by atoms with Crippen LogP contribution in [0, 0.1) is 0 Å². The molecule has 3 rings (SSSR count). The van der Waals surface area contributed by atoms with Gasteiger partial charge in [-0.2, -0.15) is 0 Å². The minimum atomic E-state index is 1.03. The topological polar surface area (TPSA) is 21.1 Å². The number of benzene rings is 1. The Kier molecular flexibility index (Phi) is 4.54. The molecule has 1 aromatic carbocycles. The molecule has 3 heteroatoms. The molecule has 0 aliphatic carbocycles. The fraction of sp³-hybridized carbons (Fsp3) is 0.316. The van der Waals surface area contributed by atoms with Crippen LogP contribution in [0.3, 0.4) is 0 Å². The maximum absolute atomic E-state index is 4.22. The van der Waals surface area contributed by atoms with Crippen molar-refractivity contribution in [2.45, 2.75) is 20.4 Å². The zero-order valence-electron chi connectivity index (χ0n) is 13.4. The van der Waals surface area contributed by atoms with Crippen LogP contribution < -0.4 is 0 Å². The summed E-state index contributed by atoms with van der Waals surface area (Å²) in [7, 11) is 0. The standard InChI is InChI=1S/C19H23N3/c1-3-21(4-2)12-13-22-11-9-16-7-8-17(14-19(16)22)18-6-5-10-20-15-18/h5-11,14-15H,3-4,12-13H2,1-2H3. The quantitative estimate of drug-likeness (QED) is 0.684. The van der Waals surface area contributed by atoms with Crippen LogP contribution in [-0.2, 0) is 6.54 Å². The lowest BCUT2D eigenvalue weighted by atomic mass is 10.1. The van der Waals surface area contributed by atoms with Crippen molar-refractivity contribution in [3.05, 3.63) is 55.0 Å². The normalized spacial score (nSPS) is 11.4. The van der Waals surface area contributed by atoms with Crippen molar-refractivity contribution < 1.29 is 0 Å². The first-order valence-electron chi connectivity index (χ1n) is 8.03. The largest absolute Gasteiger partial charge is 0.346 e. The molecule has 0 radical (unpaired) electrons. The van der Waals surface area contributed by atoms with Crippen molar-refractivity contribution in [3.63, 3.8) is 0 Å². The molecule has 0 unspecified atom stereocenters. The molecular formula is C19H23N3. The second-order valence-electron chi connectivity index (χ2n) is 5.55. The molecule has 3 aromatic rings.